The van der Waals surface area contributed by atoms with E-state index in [9.17, 15) is 0 Å². The average Bonchev–Trinajstić information content (AvgIpc) is 3.24. The van der Waals surface area contributed by atoms with Gasteiger partial charge in [-0.2, -0.15) is 5.10 Å². The highest BCUT2D eigenvalue weighted by Gasteiger charge is 2.26. The van der Waals surface area contributed by atoms with Gasteiger partial charge in [0.1, 0.15) is 5.75 Å². The molecule has 0 atom stereocenters. The maximum absolute atomic E-state index is 5.55. The van der Waals surface area contributed by atoms with Crippen molar-refractivity contribution in [2.75, 3.05) is 13.7 Å². The summed E-state index contributed by atoms with van der Waals surface area (Å²) in [5.74, 6) is 1.92. The molecule has 1 fully saturated rings. The van der Waals surface area contributed by atoms with Crippen molar-refractivity contribution in [3.8, 4) is 5.75 Å². The van der Waals surface area contributed by atoms with Gasteiger partial charge in [-0.05, 0) is 31.4 Å². The van der Waals surface area contributed by atoms with Crippen molar-refractivity contribution in [2.45, 2.75) is 51.6 Å². The Labute approximate surface area is 149 Å². The number of hydrogen-bond acceptors (Lipinski definition) is 4. The third-order valence-electron chi connectivity index (χ3n) is 5.32. The summed E-state index contributed by atoms with van der Waals surface area (Å²) in [6, 6.07) is 8.61. The molecule has 0 saturated heterocycles. The summed E-state index contributed by atoms with van der Waals surface area (Å²) in [4.78, 5) is 5.11. The van der Waals surface area contributed by atoms with Gasteiger partial charge < -0.3 is 10.1 Å². The molecule has 1 N–H and O–H groups in total. The maximum atomic E-state index is 5.55. The van der Waals surface area contributed by atoms with Gasteiger partial charge in [0.05, 0.1) is 24.6 Å². The number of aromatic nitrogens is 2. The van der Waals surface area contributed by atoms with E-state index in [1.807, 2.05) is 18.2 Å². The number of benzene rings is 1. The first-order chi connectivity index (χ1) is 12.3. The number of methoxy groups -OCH3 is 1. The van der Waals surface area contributed by atoms with Crippen LogP contribution in [-0.2, 0) is 13.0 Å². The van der Waals surface area contributed by atoms with Crippen LogP contribution in [-0.4, -0.2) is 29.1 Å². The molecule has 2 heterocycles. The van der Waals surface area contributed by atoms with E-state index in [0.717, 1.165) is 42.4 Å². The van der Waals surface area contributed by atoms with E-state index in [1.165, 1.54) is 36.9 Å². The van der Waals surface area contributed by atoms with Gasteiger partial charge in [-0.1, -0.05) is 31.9 Å². The zero-order valence-electron chi connectivity index (χ0n) is 15.1. The first kappa shape index (κ1) is 16.3. The Morgan fingerprint density at radius 1 is 1.20 bits per heavy atom. The minimum absolute atomic E-state index is 0.495. The fourth-order valence-corrected chi connectivity index (χ4v) is 4.00. The summed E-state index contributed by atoms with van der Waals surface area (Å²) >= 11 is 0. The van der Waals surface area contributed by atoms with Gasteiger partial charge in [0.25, 0.3) is 0 Å². The predicted molar refractivity (Wildman–Crippen MR) is 100 cm³/mol. The zero-order chi connectivity index (χ0) is 17.2. The van der Waals surface area contributed by atoms with Gasteiger partial charge in [0, 0.05) is 24.2 Å². The normalized spacial score (nSPS) is 17.9. The van der Waals surface area contributed by atoms with Crippen molar-refractivity contribution in [3.05, 3.63) is 41.1 Å². The molecule has 0 radical (unpaired) electrons. The van der Waals surface area contributed by atoms with Gasteiger partial charge >= 0.3 is 0 Å². The van der Waals surface area contributed by atoms with E-state index in [1.54, 1.807) is 7.11 Å². The number of rotatable bonds is 4. The fraction of sp³-hybridized carbons (Fsp3) is 0.500. The largest absolute Gasteiger partial charge is 0.496 e. The number of hydrogen-bond donors (Lipinski definition) is 1. The number of ether oxygens (including phenoxy) is 1. The molecule has 1 aromatic carbocycles. The molecule has 25 heavy (non-hydrogen) atoms. The molecule has 1 aromatic heterocycles. The van der Waals surface area contributed by atoms with Crippen molar-refractivity contribution in [2.24, 2.45) is 4.99 Å². The number of nitrogens with one attached hydrogen (secondary N) is 1. The molecular formula is C20H26N4O. The highest BCUT2D eigenvalue weighted by Crippen LogP contribution is 2.36. The van der Waals surface area contributed by atoms with Gasteiger partial charge in [0.15, 0.2) is 5.82 Å². The number of aryl methyl sites for hydroxylation is 1. The molecule has 2 aliphatic rings. The van der Waals surface area contributed by atoms with E-state index >= 15 is 0 Å². The second-order valence-corrected chi connectivity index (χ2v) is 6.85. The first-order valence-corrected chi connectivity index (χ1v) is 9.33. The van der Waals surface area contributed by atoms with Crippen LogP contribution in [0.25, 0.3) is 0 Å². The van der Waals surface area contributed by atoms with Crippen molar-refractivity contribution in [3.63, 3.8) is 0 Å². The highest BCUT2D eigenvalue weighted by molar-refractivity contribution is 6.05. The third-order valence-corrected chi connectivity index (χ3v) is 5.32. The van der Waals surface area contributed by atoms with Crippen LogP contribution >= 0.6 is 0 Å². The van der Waals surface area contributed by atoms with Gasteiger partial charge in [-0.15, -0.1) is 0 Å². The Kier molecular flexibility index (Phi) is 4.57. The summed E-state index contributed by atoms with van der Waals surface area (Å²) in [6.07, 6.45) is 5.96. The van der Waals surface area contributed by atoms with E-state index < -0.39 is 0 Å². The van der Waals surface area contributed by atoms with Crippen molar-refractivity contribution >= 4 is 11.5 Å². The van der Waals surface area contributed by atoms with Crippen molar-refractivity contribution in [1.29, 1.82) is 0 Å². The molecule has 4 rings (SSSR count). The van der Waals surface area contributed by atoms with Crippen LogP contribution in [0.3, 0.4) is 0 Å². The van der Waals surface area contributed by atoms with Gasteiger partial charge in [-0.25, -0.2) is 9.67 Å². The molecule has 132 valence electrons. The molecule has 2 aromatic rings. The first-order valence-electron chi connectivity index (χ1n) is 9.33. The lowest BCUT2D eigenvalue weighted by molar-refractivity contribution is 0.414. The zero-order valence-corrected chi connectivity index (χ0v) is 15.1. The number of para-hydroxylation sites is 1. The number of fused-ring (bicyclic) bond motifs is 1. The monoisotopic (exact) mass is 338 g/mol. The lowest BCUT2D eigenvalue weighted by Crippen LogP contribution is -2.22. The highest BCUT2D eigenvalue weighted by atomic mass is 16.5. The second-order valence-electron chi connectivity index (χ2n) is 6.85. The third kappa shape index (κ3) is 2.97. The Balaban J connectivity index is 1.83. The van der Waals surface area contributed by atoms with Crippen LogP contribution < -0.4 is 10.1 Å². The Morgan fingerprint density at radius 3 is 2.76 bits per heavy atom. The Hall–Kier alpha value is -2.14. The van der Waals surface area contributed by atoms with E-state index in [-0.39, 0.29) is 0 Å². The predicted octanol–water partition coefficient (Wildman–Crippen LogP) is 3.79. The SMILES string of the molecule is CCc1nn(C2CCCC2)c2c1CNCC(c1ccccc1OC)=N2. The van der Waals surface area contributed by atoms with E-state index in [2.05, 4.69) is 23.0 Å². The van der Waals surface area contributed by atoms with E-state index in [4.69, 9.17) is 14.8 Å². The van der Waals surface area contributed by atoms with Crippen molar-refractivity contribution < 1.29 is 4.74 Å². The smallest absolute Gasteiger partial charge is 0.155 e. The summed E-state index contributed by atoms with van der Waals surface area (Å²) in [6.45, 7) is 3.74. The molecule has 1 aliphatic heterocycles. The van der Waals surface area contributed by atoms with Crippen LogP contribution in [0, 0.1) is 0 Å². The van der Waals surface area contributed by atoms with Gasteiger partial charge in [-0.3, -0.25) is 0 Å². The maximum Gasteiger partial charge on any atom is 0.155 e. The number of nitrogens with zero attached hydrogens (tertiary/aromatic N) is 3. The van der Waals surface area contributed by atoms with E-state index in [0.29, 0.717) is 6.04 Å². The summed E-state index contributed by atoms with van der Waals surface area (Å²) < 4.78 is 7.76. The molecule has 0 spiro atoms. The molecule has 0 amide bonds. The summed E-state index contributed by atoms with van der Waals surface area (Å²) in [5.41, 5.74) is 4.53. The molecular weight excluding hydrogens is 312 g/mol. The fourth-order valence-electron chi connectivity index (χ4n) is 4.00. The minimum atomic E-state index is 0.495. The van der Waals surface area contributed by atoms with Crippen LogP contribution in [0.2, 0.25) is 0 Å². The lowest BCUT2D eigenvalue weighted by Gasteiger charge is -2.13. The van der Waals surface area contributed by atoms with Crippen LogP contribution in [0.4, 0.5) is 5.82 Å². The Morgan fingerprint density at radius 2 is 2.00 bits per heavy atom. The molecule has 0 bridgehead atoms. The minimum Gasteiger partial charge on any atom is -0.496 e. The molecule has 1 aliphatic carbocycles. The molecule has 0 unspecified atom stereocenters. The lowest BCUT2D eigenvalue weighted by atomic mass is 10.1. The quantitative estimate of drug-likeness (QED) is 0.923. The molecule has 1 saturated carbocycles. The molecule has 5 heteroatoms. The van der Waals surface area contributed by atoms with Crippen LogP contribution in [0.15, 0.2) is 29.3 Å². The van der Waals surface area contributed by atoms with Crippen molar-refractivity contribution in [1.82, 2.24) is 15.1 Å². The number of aliphatic imine (C=N–C) groups is 1. The summed E-state index contributed by atoms with van der Waals surface area (Å²) in [7, 11) is 1.72. The van der Waals surface area contributed by atoms with Crippen LogP contribution in [0.1, 0.15) is 55.5 Å². The Bertz CT molecular complexity index is 787. The second kappa shape index (κ2) is 7.00. The van der Waals surface area contributed by atoms with Crippen LogP contribution in [0.5, 0.6) is 5.75 Å². The average molecular weight is 338 g/mol. The standard InChI is InChI=1S/C20H26N4O/c1-3-17-16-12-21-13-18(15-10-6-7-11-19(15)25-2)22-20(16)24(23-17)14-8-4-5-9-14/h6-7,10-11,14,21H,3-5,8-9,12-13H2,1-2H3. The topological polar surface area (TPSA) is 51.4 Å². The van der Waals surface area contributed by atoms with Gasteiger partial charge in [0.2, 0.25) is 0 Å². The summed E-state index contributed by atoms with van der Waals surface area (Å²) in [5, 5.41) is 8.49. The molecule has 5 nitrogen and oxygen atoms in total.